The number of nitrogens with one attached hydrogen (secondary N) is 1. The van der Waals surface area contributed by atoms with Crippen LogP contribution < -0.4 is 14.2 Å². The fourth-order valence-corrected chi connectivity index (χ4v) is 3.26. The van der Waals surface area contributed by atoms with Crippen molar-refractivity contribution in [3.8, 4) is 11.5 Å². The molecule has 0 aromatic heterocycles. The van der Waals surface area contributed by atoms with Crippen molar-refractivity contribution in [3.05, 3.63) is 53.6 Å². The maximum absolute atomic E-state index is 12.4. The van der Waals surface area contributed by atoms with Gasteiger partial charge in [0.15, 0.2) is 6.61 Å². The Morgan fingerprint density at radius 2 is 1.69 bits per heavy atom. The largest absolute Gasteiger partial charge is 0.497 e. The van der Waals surface area contributed by atoms with Gasteiger partial charge in [-0.1, -0.05) is 12.1 Å². The summed E-state index contributed by atoms with van der Waals surface area (Å²) >= 11 is 0. The summed E-state index contributed by atoms with van der Waals surface area (Å²) in [4.78, 5) is 24.5. The van der Waals surface area contributed by atoms with E-state index in [0.717, 1.165) is 5.56 Å². The van der Waals surface area contributed by atoms with E-state index >= 15 is 0 Å². The van der Waals surface area contributed by atoms with Crippen LogP contribution in [0.1, 0.15) is 22.3 Å². The standard InChI is InChI=1S/C20H23NO7S/c1-21-29(24,25)16-8-4-14(5-9-16)6-11-20(23)28-13-18(22)17-12-15(26-2)7-10-19(17)27-3/h4-5,7-10,12,21H,6,11,13H2,1-3H3. The van der Waals surface area contributed by atoms with Gasteiger partial charge >= 0.3 is 5.97 Å². The molecule has 1 N–H and O–H groups in total. The fourth-order valence-electron chi connectivity index (χ4n) is 2.53. The van der Waals surface area contributed by atoms with E-state index in [1.165, 1.54) is 39.5 Å². The van der Waals surface area contributed by atoms with E-state index in [1.54, 1.807) is 24.3 Å². The number of hydrogen-bond donors (Lipinski definition) is 1. The molecule has 29 heavy (non-hydrogen) atoms. The van der Waals surface area contributed by atoms with Gasteiger partial charge in [0, 0.05) is 6.42 Å². The van der Waals surface area contributed by atoms with Crippen molar-refractivity contribution in [3.63, 3.8) is 0 Å². The lowest BCUT2D eigenvalue weighted by Crippen LogP contribution is -2.18. The van der Waals surface area contributed by atoms with Crippen molar-refractivity contribution >= 4 is 21.8 Å². The predicted molar refractivity (Wildman–Crippen MR) is 106 cm³/mol. The predicted octanol–water partition coefficient (Wildman–Crippen LogP) is 1.97. The minimum atomic E-state index is -3.50. The van der Waals surface area contributed by atoms with Crippen molar-refractivity contribution in [2.24, 2.45) is 0 Å². The molecule has 0 aliphatic rings. The van der Waals surface area contributed by atoms with Gasteiger partial charge in [0.2, 0.25) is 15.8 Å². The Labute approximate surface area is 169 Å². The number of carbonyl (C=O) groups excluding carboxylic acids is 2. The lowest BCUT2D eigenvalue weighted by molar-refractivity contribution is -0.142. The summed E-state index contributed by atoms with van der Waals surface area (Å²) in [5.41, 5.74) is 1.04. The van der Waals surface area contributed by atoms with Crippen molar-refractivity contribution in [2.45, 2.75) is 17.7 Å². The Hall–Kier alpha value is -2.91. The maximum atomic E-state index is 12.4. The van der Waals surface area contributed by atoms with Crippen LogP contribution in [0.15, 0.2) is 47.4 Å². The lowest BCUT2D eigenvalue weighted by Gasteiger charge is -2.10. The molecular formula is C20H23NO7S. The van der Waals surface area contributed by atoms with E-state index in [2.05, 4.69) is 4.72 Å². The third-order valence-electron chi connectivity index (χ3n) is 4.19. The van der Waals surface area contributed by atoms with E-state index in [4.69, 9.17) is 14.2 Å². The number of methoxy groups -OCH3 is 2. The smallest absolute Gasteiger partial charge is 0.306 e. The number of hydrogen-bond acceptors (Lipinski definition) is 7. The highest BCUT2D eigenvalue weighted by Crippen LogP contribution is 2.24. The van der Waals surface area contributed by atoms with Gasteiger partial charge < -0.3 is 14.2 Å². The summed E-state index contributed by atoms with van der Waals surface area (Å²) in [6, 6.07) is 11.0. The molecule has 0 amide bonds. The Balaban J connectivity index is 1.90. The van der Waals surface area contributed by atoms with Crippen molar-refractivity contribution in [1.82, 2.24) is 4.72 Å². The lowest BCUT2D eigenvalue weighted by atomic mass is 10.1. The van der Waals surface area contributed by atoms with Crippen molar-refractivity contribution in [2.75, 3.05) is 27.9 Å². The fraction of sp³-hybridized carbons (Fsp3) is 0.300. The summed E-state index contributed by atoms with van der Waals surface area (Å²) in [5, 5.41) is 0. The van der Waals surface area contributed by atoms with E-state index in [1.807, 2.05) is 0 Å². The Morgan fingerprint density at radius 3 is 2.28 bits per heavy atom. The molecule has 0 saturated carbocycles. The van der Waals surface area contributed by atoms with Crippen LogP contribution in [-0.2, 0) is 26.0 Å². The van der Waals surface area contributed by atoms with Gasteiger partial charge in [0.05, 0.1) is 24.7 Å². The minimum Gasteiger partial charge on any atom is -0.497 e. The zero-order valence-electron chi connectivity index (χ0n) is 16.4. The summed E-state index contributed by atoms with van der Waals surface area (Å²) in [6.45, 7) is -0.415. The molecule has 0 heterocycles. The highest BCUT2D eigenvalue weighted by atomic mass is 32.2. The number of aryl methyl sites for hydroxylation is 1. The van der Waals surface area contributed by atoms with Gasteiger partial charge in [-0.25, -0.2) is 13.1 Å². The molecule has 0 aliphatic heterocycles. The molecule has 0 fully saturated rings. The number of ketones is 1. The number of carbonyl (C=O) groups is 2. The number of rotatable bonds is 10. The molecule has 0 radical (unpaired) electrons. The zero-order chi connectivity index (χ0) is 21.4. The molecule has 2 aromatic rings. The summed E-state index contributed by atoms with van der Waals surface area (Å²) in [6.07, 6.45) is 0.413. The second kappa shape index (κ2) is 10.0. The van der Waals surface area contributed by atoms with Gasteiger partial charge in [-0.2, -0.15) is 0 Å². The van der Waals surface area contributed by atoms with Crippen molar-refractivity contribution < 1.29 is 32.2 Å². The first-order valence-electron chi connectivity index (χ1n) is 8.74. The Morgan fingerprint density at radius 1 is 1.00 bits per heavy atom. The average molecular weight is 421 g/mol. The SMILES string of the molecule is CNS(=O)(=O)c1ccc(CCC(=O)OCC(=O)c2cc(OC)ccc2OC)cc1. The summed E-state index contributed by atoms with van der Waals surface area (Å²) < 4.78 is 40.9. The number of ether oxygens (including phenoxy) is 3. The van der Waals surface area contributed by atoms with E-state index in [0.29, 0.717) is 17.9 Å². The molecule has 0 bridgehead atoms. The van der Waals surface area contributed by atoms with E-state index in [9.17, 15) is 18.0 Å². The molecule has 0 saturated heterocycles. The van der Waals surface area contributed by atoms with Gasteiger partial charge in [-0.15, -0.1) is 0 Å². The second-order valence-electron chi connectivity index (χ2n) is 6.00. The third-order valence-corrected chi connectivity index (χ3v) is 5.62. The van der Waals surface area contributed by atoms with Crippen LogP contribution in [0.4, 0.5) is 0 Å². The van der Waals surface area contributed by atoms with Crippen LogP contribution >= 0.6 is 0 Å². The molecule has 156 valence electrons. The molecular weight excluding hydrogens is 398 g/mol. The summed E-state index contributed by atoms with van der Waals surface area (Å²) in [5.74, 6) is -0.0875. The number of benzene rings is 2. The quantitative estimate of drug-likeness (QED) is 0.461. The Kier molecular flexibility index (Phi) is 7.74. The average Bonchev–Trinajstić information content (AvgIpc) is 2.75. The van der Waals surface area contributed by atoms with Gasteiger partial charge in [-0.3, -0.25) is 9.59 Å². The molecule has 8 nitrogen and oxygen atoms in total. The topological polar surface area (TPSA) is 108 Å². The minimum absolute atomic E-state index is 0.0562. The monoisotopic (exact) mass is 421 g/mol. The molecule has 9 heteroatoms. The molecule has 2 rings (SSSR count). The van der Waals surface area contributed by atoms with Gasteiger partial charge in [-0.05, 0) is 49.4 Å². The van der Waals surface area contributed by atoms with Crippen LogP contribution in [0.5, 0.6) is 11.5 Å². The van der Waals surface area contributed by atoms with E-state index in [-0.39, 0.29) is 16.9 Å². The van der Waals surface area contributed by atoms with Crippen LogP contribution in [0.2, 0.25) is 0 Å². The Bertz CT molecular complexity index is 969. The second-order valence-corrected chi connectivity index (χ2v) is 7.89. The van der Waals surface area contributed by atoms with Gasteiger partial charge in [0.1, 0.15) is 11.5 Å². The number of sulfonamides is 1. The third kappa shape index (κ3) is 6.03. The van der Waals surface area contributed by atoms with Crippen LogP contribution in [0, 0.1) is 0 Å². The van der Waals surface area contributed by atoms with Crippen LogP contribution in [0.3, 0.4) is 0 Å². The van der Waals surface area contributed by atoms with Crippen LogP contribution in [0.25, 0.3) is 0 Å². The molecule has 0 spiro atoms. The number of Topliss-reactive ketones (excluding diaryl/α,β-unsaturated/α-hetero) is 1. The number of esters is 1. The first-order chi connectivity index (χ1) is 13.8. The molecule has 0 unspecified atom stereocenters. The van der Waals surface area contributed by atoms with Crippen LogP contribution in [-0.4, -0.2) is 48.0 Å². The molecule has 0 atom stereocenters. The molecule has 2 aromatic carbocycles. The highest BCUT2D eigenvalue weighted by Gasteiger charge is 2.16. The first kappa shape index (κ1) is 22.4. The normalized spacial score (nSPS) is 11.0. The summed E-state index contributed by atoms with van der Waals surface area (Å²) in [7, 11) is 0.760. The van der Waals surface area contributed by atoms with Crippen molar-refractivity contribution in [1.29, 1.82) is 0 Å². The first-order valence-corrected chi connectivity index (χ1v) is 10.2. The maximum Gasteiger partial charge on any atom is 0.306 e. The molecule has 0 aliphatic carbocycles. The zero-order valence-corrected chi connectivity index (χ0v) is 17.2. The van der Waals surface area contributed by atoms with E-state index < -0.39 is 28.4 Å². The van der Waals surface area contributed by atoms with Gasteiger partial charge in [0.25, 0.3) is 0 Å². The highest BCUT2D eigenvalue weighted by molar-refractivity contribution is 7.89.